The summed E-state index contributed by atoms with van der Waals surface area (Å²) >= 11 is 3.50. The van der Waals surface area contributed by atoms with Gasteiger partial charge in [0.15, 0.2) is 5.78 Å². The lowest BCUT2D eigenvalue weighted by atomic mass is 9.88. The van der Waals surface area contributed by atoms with Crippen LogP contribution in [0.3, 0.4) is 0 Å². The fraction of sp³-hybridized carbons (Fsp3) is 0.357. The van der Waals surface area contributed by atoms with E-state index < -0.39 is 11.9 Å². The van der Waals surface area contributed by atoms with Crippen LogP contribution < -0.4 is 25.6 Å². The predicted octanol–water partition coefficient (Wildman–Crippen LogP) is 5.82. The monoisotopic (exact) mass is 849 g/mol. The molecule has 0 bridgehead atoms. The Hall–Kier alpha value is -6.03. The highest BCUT2D eigenvalue weighted by Crippen LogP contribution is 2.36. The Morgan fingerprint density at radius 2 is 1.64 bits per heavy atom. The minimum Gasteiger partial charge on any atom is -0.494 e. The largest absolute Gasteiger partial charge is 0.494 e. The molecule has 3 aromatic carbocycles. The molecule has 1 atom stereocenters. The standard InChI is InChI=1S/C42H44BrN9O6/c1-25(53)30-5-3-4-6-33(30)45-38-32(43)23-44-41(48-38)46-34-10-8-29(22-36(34)58-2)49-17-19-51(20-18-49)42(57)50-15-13-26(14-16-50)27-7-9-31-28(21-27)24-52(40(31)56)35-11-12-37(54)47-39(35)55/h3-10,21-23,26,35H,11-20,24H2,1-2H3,(H,47,54,55)(H2,44,45,46,48). The topological polar surface area (TPSA) is 169 Å². The molecular formula is C42H44BrN9O6. The van der Waals surface area contributed by atoms with Gasteiger partial charge in [-0.15, -0.1) is 0 Å². The molecule has 3 N–H and O–H groups in total. The number of nitrogens with one attached hydrogen (secondary N) is 3. The summed E-state index contributed by atoms with van der Waals surface area (Å²) in [5.41, 5.74) is 5.52. The van der Waals surface area contributed by atoms with E-state index in [1.165, 1.54) is 6.92 Å². The molecule has 1 aromatic heterocycles. The van der Waals surface area contributed by atoms with Gasteiger partial charge in [-0.1, -0.05) is 24.3 Å². The number of Topliss-reactive ketones (excluding diaryl/α,β-unsaturated/α-hetero) is 1. The number of imide groups is 1. The Kier molecular flexibility index (Phi) is 11.0. The van der Waals surface area contributed by atoms with Crippen LogP contribution in [-0.4, -0.2) is 107 Å². The van der Waals surface area contributed by atoms with Gasteiger partial charge in [0.2, 0.25) is 17.8 Å². The van der Waals surface area contributed by atoms with Crippen LogP contribution in [0.2, 0.25) is 0 Å². The molecule has 58 heavy (non-hydrogen) atoms. The quantitative estimate of drug-likeness (QED) is 0.137. The maximum atomic E-state index is 13.6. The number of carbonyl (C=O) groups excluding carboxylic acids is 5. The Morgan fingerprint density at radius 3 is 2.38 bits per heavy atom. The predicted molar refractivity (Wildman–Crippen MR) is 221 cm³/mol. The van der Waals surface area contributed by atoms with Crippen molar-refractivity contribution in [3.63, 3.8) is 0 Å². The second-order valence-corrected chi connectivity index (χ2v) is 15.8. The zero-order valence-corrected chi connectivity index (χ0v) is 33.9. The van der Waals surface area contributed by atoms with Gasteiger partial charge in [-0.05, 0) is 89.5 Å². The molecule has 8 rings (SSSR count). The number of methoxy groups -OCH3 is 1. The third-order valence-corrected chi connectivity index (χ3v) is 12.0. The van der Waals surface area contributed by atoms with Crippen LogP contribution in [0, 0.1) is 0 Å². The first kappa shape index (κ1) is 38.8. The number of carbonyl (C=O) groups is 5. The number of nitrogens with zero attached hydrogens (tertiary/aromatic N) is 6. The van der Waals surface area contributed by atoms with Crippen LogP contribution >= 0.6 is 15.9 Å². The van der Waals surface area contributed by atoms with Gasteiger partial charge in [0.1, 0.15) is 17.6 Å². The van der Waals surface area contributed by atoms with Gasteiger partial charge in [0.05, 0.1) is 23.0 Å². The molecule has 4 aliphatic rings. The van der Waals surface area contributed by atoms with Crippen molar-refractivity contribution in [1.29, 1.82) is 0 Å². The summed E-state index contributed by atoms with van der Waals surface area (Å²) in [4.78, 5) is 79.8. The number of rotatable bonds is 9. The molecule has 1 unspecified atom stereocenters. The molecule has 16 heteroatoms. The number of fused-ring (bicyclic) bond motifs is 1. The third kappa shape index (κ3) is 7.92. The van der Waals surface area contributed by atoms with Crippen molar-refractivity contribution in [2.24, 2.45) is 0 Å². The summed E-state index contributed by atoms with van der Waals surface area (Å²) in [7, 11) is 1.61. The van der Waals surface area contributed by atoms with Gasteiger partial charge in [-0.25, -0.2) is 9.78 Å². The molecule has 3 saturated heterocycles. The number of urea groups is 1. The van der Waals surface area contributed by atoms with Crippen molar-refractivity contribution in [3.8, 4) is 5.75 Å². The number of halogens is 1. The van der Waals surface area contributed by atoms with E-state index >= 15 is 0 Å². The lowest BCUT2D eigenvalue weighted by Crippen LogP contribution is -2.54. The van der Waals surface area contributed by atoms with E-state index in [1.807, 2.05) is 58.3 Å². The number of hydrogen-bond acceptors (Lipinski definition) is 11. The van der Waals surface area contributed by atoms with Crippen molar-refractivity contribution < 1.29 is 28.7 Å². The molecule has 0 aliphatic carbocycles. The maximum absolute atomic E-state index is 13.6. The Balaban J connectivity index is 0.838. The number of ketones is 1. The van der Waals surface area contributed by atoms with Crippen LogP contribution in [0.25, 0.3) is 0 Å². The van der Waals surface area contributed by atoms with E-state index in [0.29, 0.717) is 96.7 Å². The number of likely N-dealkylation sites (tertiary alicyclic amines) is 1. The van der Waals surface area contributed by atoms with Crippen molar-refractivity contribution in [2.75, 3.05) is 61.9 Å². The van der Waals surface area contributed by atoms with Gasteiger partial charge >= 0.3 is 6.03 Å². The van der Waals surface area contributed by atoms with Crippen LogP contribution in [0.15, 0.2) is 71.3 Å². The van der Waals surface area contributed by atoms with E-state index in [1.54, 1.807) is 24.3 Å². The average molecular weight is 851 g/mol. The molecule has 0 radical (unpaired) electrons. The van der Waals surface area contributed by atoms with Crippen LogP contribution in [0.5, 0.6) is 5.75 Å². The number of ether oxygens (including phenoxy) is 1. The summed E-state index contributed by atoms with van der Waals surface area (Å²) < 4.78 is 6.40. The zero-order valence-electron chi connectivity index (χ0n) is 32.3. The van der Waals surface area contributed by atoms with E-state index in [-0.39, 0.29) is 36.0 Å². The minimum atomic E-state index is -0.634. The third-order valence-electron chi connectivity index (χ3n) is 11.4. The number of piperazine rings is 1. The highest BCUT2D eigenvalue weighted by molar-refractivity contribution is 9.10. The first-order chi connectivity index (χ1) is 28.1. The van der Waals surface area contributed by atoms with Crippen molar-refractivity contribution in [1.82, 2.24) is 30.0 Å². The van der Waals surface area contributed by atoms with Gasteiger partial charge in [-0.2, -0.15) is 4.98 Å². The van der Waals surface area contributed by atoms with E-state index in [4.69, 9.17) is 4.74 Å². The normalized spacial score (nSPS) is 18.5. The van der Waals surface area contributed by atoms with Gasteiger partial charge in [0.25, 0.3) is 5.91 Å². The second-order valence-electron chi connectivity index (χ2n) is 15.0. The minimum absolute atomic E-state index is 0.0567. The van der Waals surface area contributed by atoms with Crippen LogP contribution in [0.1, 0.15) is 70.4 Å². The smallest absolute Gasteiger partial charge is 0.320 e. The molecule has 15 nitrogen and oxygen atoms in total. The molecule has 0 saturated carbocycles. The summed E-state index contributed by atoms with van der Waals surface area (Å²) in [6, 6.07) is 18.5. The number of aromatic nitrogens is 2. The first-order valence-corrected chi connectivity index (χ1v) is 20.3. The molecule has 4 aromatic rings. The number of piperidine rings is 2. The average Bonchev–Trinajstić information content (AvgIpc) is 3.56. The SMILES string of the molecule is COc1cc(N2CCN(C(=O)N3CCC(c4ccc5c(c4)CN(C4CCC(=O)NC4=O)C5=O)CC3)CC2)ccc1Nc1ncc(Br)c(Nc2ccccc2C(C)=O)n1. The number of amides is 5. The number of benzene rings is 3. The number of para-hydroxylation sites is 1. The summed E-state index contributed by atoms with van der Waals surface area (Å²) in [5, 5.41) is 8.85. The summed E-state index contributed by atoms with van der Waals surface area (Å²) in [6.07, 6.45) is 3.85. The Morgan fingerprint density at radius 1 is 0.879 bits per heavy atom. The summed E-state index contributed by atoms with van der Waals surface area (Å²) in [5.74, 6) is 0.784. The van der Waals surface area contributed by atoms with Crippen molar-refractivity contribution >= 4 is 74.3 Å². The first-order valence-electron chi connectivity index (χ1n) is 19.5. The van der Waals surface area contributed by atoms with Crippen LogP contribution in [0.4, 0.5) is 33.6 Å². The van der Waals surface area contributed by atoms with E-state index in [2.05, 4.69) is 52.8 Å². The summed E-state index contributed by atoms with van der Waals surface area (Å²) in [6.45, 7) is 5.72. The van der Waals surface area contributed by atoms with Crippen LogP contribution in [-0.2, 0) is 16.1 Å². The molecule has 3 fully saturated rings. The zero-order chi connectivity index (χ0) is 40.5. The second kappa shape index (κ2) is 16.4. The lowest BCUT2D eigenvalue weighted by Gasteiger charge is -2.40. The molecule has 5 amide bonds. The maximum Gasteiger partial charge on any atom is 0.320 e. The fourth-order valence-corrected chi connectivity index (χ4v) is 8.54. The molecule has 5 heterocycles. The highest BCUT2D eigenvalue weighted by Gasteiger charge is 2.39. The van der Waals surface area contributed by atoms with E-state index in [0.717, 1.165) is 29.7 Å². The van der Waals surface area contributed by atoms with E-state index in [9.17, 15) is 24.0 Å². The molecular weight excluding hydrogens is 806 g/mol. The lowest BCUT2D eigenvalue weighted by molar-refractivity contribution is -0.136. The highest BCUT2D eigenvalue weighted by atomic mass is 79.9. The Bertz CT molecular complexity index is 2290. The molecule has 4 aliphatic heterocycles. The Labute approximate surface area is 344 Å². The molecule has 300 valence electrons. The fourth-order valence-electron chi connectivity index (χ4n) is 8.25. The van der Waals surface area contributed by atoms with Gasteiger partial charge in [-0.3, -0.25) is 24.5 Å². The number of anilines is 5. The molecule has 0 spiro atoms. The van der Waals surface area contributed by atoms with Crippen molar-refractivity contribution in [3.05, 3.63) is 93.6 Å². The van der Waals surface area contributed by atoms with Gasteiger partial charge < -0.3 is 35.0 Å². The van der Waals surface area contributed by atoms with Crippen molar-refractivity contribution in [2.45, 2.75) is 51.1 Å². The van der Waals surface area contributed by atoms with Gasteiger partial charge in [0, 0.05) is 81.3 Å². The number of hydrogen-bond donors (Lipinski definition) is 3.